The van der Waals surface area contributed by atoms with Crippen LogP contribution in [0.15, 0.2) is 46.0 Å². The lowest BCUT2D eigenvalue weighted by atomic mass is 9.94. The molecule has 42 heavy (non-hydrogen) atoms. The second-order valence-electron chi connectivity index (χ2n) is 9.29. The zero-order valence-corrected chi connectivity index (χ0v) is 23.9. The SMILES string of the molecule is COC(=O)[C@H](C)[C@H](NC(=O)CNC(=O)c1cc(NC2=NCC(F)CN2)c2cn[nH]c2c1)c1cc(Br)cc(OC(F)F)c1. The van der Waals surface area contributed by atoms with Crippen molar-refractivity contribution >= 4 is 56.3 Å². The predicted molar refractivity (Wildman–Crippen MR) is 150 cm³/mol. The summed E-state index contributed by atoms with van der Waals surface area (Å²) in [7, 11) is 1.18. The van der Waals surface area contributed by atoms with Crippen LogP contribution in [0.25, 0.3) is 10.9 Å². The Hall–Kier alpha value is -4.34. The molecule has 0 saturated carbocycles. The summed E-state index contributed by atoms with van der Waals surface area (Å²) in [5.41, 5.74) is 1.47. The van der Waals surface area contributed by atoms with Gasteiger partial charge in [-0.15, -0.1) is 0 Å². The second kappa shape index (κ2) is 13.5. The average Bonchev–Trinajstić information content (AvgIpc) is 3.43. The van der Waals surface area contributed by atoms with Gasteiger partial charge in [0, 0.05) is 15.4 Å². The highest BCUT2D eigenvalue weighted by Gasteiger charge is 2.29. The van der Waals surface area contributed by atoms with Gasteiger partial charge in [0.25, 0.3) is 5.91 Å². The lowest BCUT2D eigenvalue weighted by Crippen LogP contribution is -2.42. The van der Waals surface area contributed by atoms with Crippen LogP contribution in [0.2, 0.25) is 0 Å². The molecular weight excluding hydrogens is 627 g/mol. The van der Waals surface area contributed by atoms with Crippen LogP contribution in [-0.4, -0.2) is 73.5 Å². The van der Waals surface area contributed by atoms with Crippen molar-refractivity contribution in [1.29, 1.82) is 0 Å². The van der Waals surface area contributed by atoms with Gasteiger partial charge in [-0.05, 0) is 42.8 Å². The van der Waals surface area contributed by atoms with E-state index in [0.717, 1.165) is 0 Å². The lowest BCUT2D eigenvalue weighted by Gasteiger charge is -2.25. The molecule has 1 aliphatic heterocycles. The summed E-state index contributed by atoms with van der Waals surface area (Å²) in [5, 5.41) is 18.5. The third kappa shape index (κ3) is 7.69. The van der Waals surface area contributed by atoms with E-state index in [2.05, 4.69) is 57.1 Å². The first-order chi connectivity index (χ1) is 20.0. The van der Waals surface area contributed by atoms with E-state index in [9.17, 15) is 27.6 Å². The quantitative estimate of drug-likeness (QED) is 0.209. The van der Waals surface area contributed by atoms with Crippen LogP contribution in [0.3, 0.4) is 0 Å². The number of hydrogen-bond donors (Lipinski definition) is 5. The van der Waals surface area contributed by atoms with Crippen molar-refractivity contribution in [1.82, 2.24) is 26.1 Å². The second-order valence-corrected chi connectivity index (χ2v) is 10.2. The number of fused-ring (bicyclic) bond motifs is 1. The first kappa shape index (κ1) is 30.6. The minimum absolute atomic E-state index is 0.00473. The Bertz CT molecular complexity index is 1500. The van der Waals surface area contributed by atoms with Crippen LogP contribution < -0.4 is 26.0 Å². The van der Waals surface area contributed by atoms with E-state index < -0.39 is 49.1 Å². The maximum absolute atomic E-state index is 13.4. The molecule has 16 heteroatoms. The van der Waals surface area contributed by atoms with Crippen LogP contribution in [0.1, 0.15) is 28.9 Å². The van der Waals surface area contributed by atoms with Gasteiger partial charge in [0.2, 0.25) is 5.91 Å². The molecule has 1 aromatic heterocycles. The van der Waals surface area contributed by atoms with Gasteiger partial charge in [-0.3, -0.25) is 19.5 Å². The number of esters is 1. The zero-order valence-electron chi connectivity index (χ0n) is 22.3. The lowest BCUT2D eigenvalue weighted by molar-refractivity contribution is -0.146. The van der Waals surface area contributed by atoms with Crippen LogP contribution in [0.5, 0.6) is 5.75 Å². The van der Waals surface area contributed by atoms with E-state index in [-0.39, 0.29) is 30.0 Å². The summed E-state index contributed by atoms with van der Waals surface area (Å²) in [5.74, 6) is -2.70. The number of amides is 2. The maximum atomic E-state index is 13.4. The monoisotopic (exact) mass is 653 g/mol. The number of guanidine groups is 1. The number of rotatable bonds is 10. The molecule has 2 amide bonds. The molecule has 0 aliphatic carbocycles. The summed E-state index contributed by atoms with van der Waals surface area (Å²) in [6, 6.07) is 6.19. The molecule has 0 radical (unpaired) electrons. The summed E-state index contributed by atoms with van der Waals surface area (Å²) in [4.78, 5) is 42.4. The van der Waals surface area contributed by atoms with Gasteiger partial charge in [0.05, 0.1) is 56.1 Å². The first-order valence-electron chi connectivity index (χ1n) is 12.6. The third-order valence-electron chi connectivity index (χ3n) is 6.29. The number of ether oxygens (including phenoxy) is 2. The first-order valence-corrected chi connectivity index (χ1v) is 13.4. The zero-order chi connectivity index (χ0) is 30.4. The number of nitrogens with one attached hydrogen (secondary N) is 5. The van der Waals surface area contributed by atoms with Gasteiger partial charge in [-0.25, -0.2) is 9.38 Å². The van der Waals surface area contributed by atoms with Gasteiger partial charge in [0.1, 0.15) is 11.9 Å². The number of methoxy groups -OCH3 is 1. The number of anilines is 1. The molecule has 0 spiro atoms. The molecule has 4 rings (SSSR count). The Balaban J connectivity index is 1.48. The molecule has 224 valence electrons. The molecule has 0 fully saturated rings. The Labute approximate surface area is 245 Å². The van der Waals surface area contributed by atoms with Crippen molar-refractivity contribution < 1.29 is 37.0 Å². The van der Waals surface area contributed by atoms with E-state index in [1.807, 2.05) is 0 Å². The van der Waals surface area contributed by atoms with Crippen molar-refractivity contribution in [2.75, 3.05) is 32.1 Å². The minimum atomic E-state index is -3.08. The molecule has 12 nitrogen and oxygen atoms in total. The summed E-state index contributed by atoms with van der Waals surface area (Å²) in [6.07, 6.45) is 0.454. The van der Waals surface area contributed by atoms with Crippen LogP contribution in [0, 0.1) is 5.92 Å². The van der Waals surface area contributed by atoms with Crippen LogP contribution in [-0.2, 0) is 14.3 Å². The van der Waals surface area contributed by atoms with E-state index in [4.69, 9.17) is 4.74 Å². The summed E-state index contributed by atoms with van der Waals surface area (Å²) in [6.45, 7) is -1.98. The molecule has 5 N–H and O–H groups in total. The van der Waals surface area contributed by atoms with Gasteiger partial charge >= 0.3 is 12.6 Å². The van der Waals surface area contributed by atoms with Gasteiger partial charge < -0.3 is 30.7 Å². The fraction of sp³-hybridized carbons (Fsp3) is 0.346. The Morgan fingerprint density at radius 2 is 1.98 bits per heavy atom. The molecule has 2 aromatic carbocycles. The van der Waals surface area contributed by atoms with Crippen LogP contribution >= 0.6 is 15.9 Å². The van der Waals surface area contributed by atoms with E-state index in [0.29, 0.717) is 27.0 Å². The number of aromatic nitrogens is 2. The number of alkyl halides is 3. The third-order valence-corrected chi connectivity index (χ3v) is 6.75. The predicted octanol–water partition coefficient (Wildman–Crippen LogP) is 3.03. The normalized spacial score (nSPS) is 16.2. The van der Waals surface area contributed by atoms with Gasteiger partial charge in [-0.1, -0.05) is 15.9 Å². The average molecular weight is 654 g/mol. The number of carbonyl (C=O) groups excluding carboxylic acids is 3. The molecule has 2 heterocycles. The highest BCUT2D eigenvalue weighted by molar-refractivity contribution is 9.10. The maximum Gasteiger partial charge on any atom is 0.387 e. The number of hydrogen-bond acceptors (Lipinski definition) is 9. The fourth-order valence-corrected chi connectivity index (χ4v) is 4.75. The molecule has 1 aliphatic rings. The highest BCUT2D eigenvalue weighted by Crippen LogP contribution is 2.31. The summed E-state index contributed by atoms with van der Waals surface area (Å²) >= 11 is 3.22. The molecule has 0 bridgehead atoms. The topological polar surface area (TPSA) is 159 Å². The standard InChI is InChI=1S/C26H27BrF3N7O5/c1-12(24(40)41-2)22(13-3-15(27)7-17(4-13)42-25(29)30)36-21(38)11-31-23(39)14-5-19(18-10-34-37-20(18)6-14)35-26-32-8-16(28)9-33-26/h3-7,10,12,16,22,25H,8-9,11H2,1-2H3,(H,31,39)(H,34,37)(H,36,38)(H2,32,33,35)/t12-,22+/m1/s1. The van der Waals surface area contributed by atoms with E-state index in [1.165, 1.54) is 38.3 Å². The van der Waals surface area contributed by atoms with E-state index >= 15 is 0 Å². The van der Waals surface area contributed by atoms with E-state index in [1.54, 1.807) is 12.3 Å². The Morgan fingerprint density at radius 3 is 2.67 bits per heavy atom. The number of H-pyrrole nitrogens is 1. The molecule has 0 saturated heterocycles. The summed E-state index contributed by atoms with van der Waals surface area (Å²) < 4.78 is 48.7. The van der Waals surface area contributed by atoms with Gasteiger partial charge in [0.15, 0.2) is 5.96 Å². The Kier molecular flexibility index (Phi) is 9.88. The number of carbonyl (C=O) groups is 3. The number of nitrogens with zero attached hydrogens (tertiary/aromatic N) is 2. The smallest absolute Gasteiger partial charge is 0.387 e. The Morgan fingerprint density at radius 1 is 1.19 bits per heavy atom. The molecule has 3 atom stereocenters. The number of aromatic amines is 1. The van der Waals surface area contributed by atoms with Crippen molar-refractivity contribution in [3.05, 3.63) is 52.1 Å². The molecular formula is C26H27BrF3N7O5. The molecule has 3 aromatic rings. The largest absolute Gasteiger partial charge is 0.469 e. The van der Waals surface area contributed by atoms with Crippen molar-refractivity contribution in [3.8, 4) is 5.75 Å². The van der Waals surface area contributed by atoms with Crippen molar-refractivity contribution in [2.45, 2.75) is 25.7 Å². The highest BCUT2D eigenvalue weighted by atomic mass is 79.9. The molecule has 1 unspecified atom stereocenters. The number of benzene rings is 2. The minimum Gasteiger partial charge on any atom is -0.469 e. The fourth-order valence-electron chi connectivity index (χ4n) is 4.26. The number of halogens is 4. The van der Waals surface area contributed by atoms with Crippen LogP contribution in [0.4, 0.5) is 18.9 Å². The number of aliphatic imine (C=N–C) groups is 1. The van der Waals surface area contributed by atoms with Gasteiger partial charge in [-0.2, -0.15) is 13.9 Å². The van der Waals surface area contributed by atoms with Crippen molar-refractivity contribution in [2.24, 2.45) is 10.9 Å². The van der Waals surface area contributed by atoms with Crippen molar-refractivity contribution in [3.63, 3.8) is 0 Å².